The van der Waals surface area contributed by atoms with E-state index < -0.39 is 0 Å². The second-order valence-corrected chi connectivity index (χ2v) is 4.78. The molecule has 0 radical (unpaired) electrons. The molecule has 1 aliphatic heterocycles. The van der Waals surface area contributed by atoms with Crippen LogP contribution in [0.3, 0.4) is 0 Å². The van der Waals surface area contributed by atoms with Gasteiger partial charge >= 0.3 is 0 Å². The molecule has 1 aliphatic rings. The molecule has 2 nitrogen and oxygen atoms in total. The topological polar surface area (TPSA) is 38.4 Å². The van der Waals surface area contributed by atoms with Crippen LogP contribution in [0.15, 0.2) is 28.4 Å². The lowest BCUT2D eigenvalue weighted by Crippen LogP contribution is -2.13. The molecule has 0 saturated carbocycles. The molecular weight excluding hydrogens is 184 g/mol. The van der Waals surface area contributed by atoms with Gasteiger partial charge in [0.25, 0.3) is 0 Å². The van der Waals surface area contributed by atoms with E-state index in [-0.39, 0.29) is 5.41 Å². The molecule has 0 fully saturated rings. The summed E-state index contributed by atoms with van der Waals surface area (Å²) in [4.78, 5) is 4.27. The molecule has 15 heavy (non-hydrogen) atoms. The predicted octanol–water partition coefficient (Wildman–Crippen LogP) is 3.40. The van der Waals surface area contributed by atoms with E-state index in [1.54, 1.807) is 0 Å². The van der Waals surface area contributed by atoms with Gasteiger partial charge in [0.2, 0.25) is 0 Å². The first-order valence-corrected chi connectivity index (χ1v) is 5.71. The zero-order valence-electron chi connectivity index (χ0n) is 10.3. The fraction of sp³-hybridized carbons (Fsp3) is 0.615. The van der Waals surface area contributed by atoms with E-state index in [1.807, 2.05) is 12.3 Å². The van der Waals surface area contributed by atoms with Gasteiger partial charge in [-0.15, -0.1) is 0 Å². The van der Waals surface area contributed by atoms with Crippen molar-refractivity contribution < 1.29 is 0 Å². The Bertz CT molecular complexity index is 319. The van der Waals surface area contributed by atoms with E-state index >= 15 is 0 Å². The van der Waals surface area contributed by atoms with Crippen LogP contribution in [-0.4, -0.2) is 5.84 Å². The van der Waals surface area contributed by atoms with Crippen LogP contribution in [0.25, 0.3) is 0 Å². The van der Waals surface area contributed by atoms with Crippen LogP contribution in [-0.2, 0) is 0 Å². The Balaban J connectivity index is 2.99. The maximum Gasteiger partial charge on any atom is 0.123 e. The van der Waals surface area contributed by atoms with Crippen molar-refractivity contribution in [2.75, 3.05) is 0 Å². The van der Waals surface area contributed by atoms with Crippen LogP contribution in [0.4, 0.5) is 0 Å². The van der Waals surface area contributed by atoms with Crippen molar-refractivity contribution in [1.82, 2.24) is 0 Å². The summed E-state index contributed by atoms with van der Waals surface area (Å²) in [5.41, 5.74) is 8.77. The quantitative estimate of drug-likeness (QED) is 0.755. The first kappa shape index (κ1) is 12.0. The van der Waals surface area contributed by atoms with Crippen LogP contribution in [0.1, 0.15) is 47.0 Å². The summed E-state index contributed by atoms with van der Waals surface area (Å²) in [6.45, 7) is 8.92. The molecule has 0 bridgehead atoms. The minimum atomic E-state index is 0.225. The Morgan fingerprint density at radius 1 is 1.40 bits per heavy atom. The summed E-state index contributed by atoms with van der Waals surface area (Å²) in [7, 11) is 0. The van der Waals surface area contributed by atoms with Crippen molar-refractivity contribution in [2.24, 2.45) is 16.1 Å². The molecule has 0 aromatic carbocycles. The summed E-state index contributed by atoms with van der Waals surface area (Å²) < 4.78 is 0. The molecule has 1 heterocycles. The molecule has 2 heteroatoms. The Morgan fingerprint density at radius 2 is 2.07 bits per heavy atom. The molecule has 0 saturated heterocycles. The Labute approximate surface area is 93.0 Å². The molecule has 0 spiro atoms. The smallest absolute Gasteiger partial charge is 0.123 e. The lowest BCUT2D eigenvalue weighted by atomic mass is 9.79. The molecular formula is C13H22N2. The lowest BCUT2D eigenvalue weighted by Gasteiger charge is -2.26. The molecule has 0 amide bonds. The van der Waals surface area contributed by atoms with E-state index in [2.05, 4.69) is 32.7 Å². The Kier molecular flexibility index (Phi) is 3.72. The van der Waals surface area contributed by atoms with Gasteiger partial charge in [-0.25, -0.2) is 4.99 Å². The normalized spacial score (nSPS) is 17.7. The van der Waals surface area contributed by atoms with Crippen molar-refractivity contribution in [2.45, 2.75) is 47.0 Å². The molecule has 0 aromatic heterocycles. The van der Waals surface area contributed by atoms with Crippen LogP contribution in [0.5, 0.6) is 0 Å². The maximum absolute atomic E-state index is 5.78. The summed E-state index contributed by atoms with van der Waals surface area (Å²) in [5.74, 6) is 0.633. The van der Waals surface area contributed by atoms with Gasteiger partial charge in [0.1, 0.15) is 5.84 Å². The molecule has 2 N–H and O–H groups in total. The molecule has 0 unspecified atom stereocenters. The molecule has 1 rings (SSSR count). The lowest BCUT2D eigenvalue weighted by molar-refractivity contribution is 0.418. The SMILES string of the molecule is CCC1=CC(N)=NC=C(C(C)(C)CC)C1. The monoisotopic (exact) mass is 206 g/mol. The first-order valence-electron chi connectivity index (χ1n) is 5.71. The van der Waals surface area contributed by atoms with E-state index in [0.29, 0.717) is 5.84 Å². The molecule has 0 atom stereocenters. The average molecular weight is 206 g/mol. The number of hydrogen-bond donors (Lipinski definition) is 1. The van der Waals surface area contributed by atoms with Crippen molar-refractivity contribution in [1.29, 1.82) is 0 Å². The van der Waals surface area contributed by atoms with Crippen LogP contribution in [0, 0.1) is 5.41 Å². The molecule has 0 aliphatic carbocycles. The van der Waals surface area contributed by atoms with Gasteiger partial charge in [-0.1, -0.05) is 33.3 Å². The summed E-state index contributed by atoms with van der Waals surface area (Å²) in [6.07, 6.45) is 7.16. The Morgan fingerprint density at radius 3 is 2.60 bits per heavy atom. The summed E-state index contributed by atoms with van der Waals surface area (Å²) in [5, 5.41) is 0. The number of amidine groups is 1. The van der Waals surface area contributed by atoms with Crippen LogP contribution < -0.4 is 5.73 Å². The van der Waals surface area contributed by atoms with E-state index in [9.17, 15) is 0 Å². The molecule has 84 valence electrons. The number of nitrogens with zero attached hydrogens (tertiary/aromatic N) is 1. The number of allylic oxidation sites excluding steroid dienone is 2. The highest BCUT2D eigenvalue weighted by molar-refractivity contribution is 5.92. The second kappa shape index (κ2) is 4.65. The zero-order valence-corrected chi connectivity index (χ0v) is 10.3. The number of nitrogens with two attached hydrogens (primary N) is 1. The van der Waals surface area contributed by atoms with Gasteiger partial charge < -0.3 is 5.73 Å². The Hall–Kier alpha value is -1.05. The third kappa shape index (κ3) is 2.95. The van der Waals surface area contributed by atoms with Crippen molar-refractivity contribution in [3.63, 3.8) is 0 Å². The van der Waals surface area contributed by atoms with E-state index in [4.69, 9.17) is 5.73 Å². The van der Waals surface area contributed by atoms with Crippen molar-refractivity contribution >= 4 is 5.84 Å². The second-order valence-electron chi connectivity index (χ2n) is 4.78. The fourth-order valence-corrected chi connectivity index (χ4v) is 1.61. The highest BCUT2D eigenvalue weighted by atomic mass is 14.8. The average Bonchev–Trinajstić information content (AvgIpc) is 2.40. The van der Waals surface area contributed by atoms with Gasteiger partial charge in [-0.05, 0) is 36.3 Å². The first-order chi connectivity index (χ1) is 6.99. The van der Waals surface area contributed by atoms with E-state index in [1.165, 1.54) is 11.1 Å². The third-order valence-corrected chi connectivity index (χ3v) is 3.35. The van der Waals surface area contributed by atoms with Crippen LogP contribution in [0.2, 0.25) is 0 Å². The molecule has 0 aromatic rings. The van der Waals surface area contributed by atoms with Crippen LogP contribution >= 0.6 is 0 Å². The van der Waals surface area contributed by atoms with E-state index in [0.717, 1.165) is 19.3 Å². The minimum Gasteiger partial charge on any atom is -0.384 e. The minimum absolute atomic E-state index is 0.225. The van der Waals surface area contributed by atoms with Crippen molar-refractivity contribution in [3.8, 4) is 0 Å². The highest BCUT2D eigenvalue weighted by Gasteiger charge is 2.22. The van der Waals surface area contributed by atoms with Gasteiger partial charge in [-0.3, -0.25) is 0 Å². The summed E-state index contributed by atoms with van der Waals surface area (Å²) in [6, 6.07) is 0. The number of rotatable bonds is 3. The largest absolute Gasteiger partial charge is 0.384 e. The number of hydrogen-bond acceptors (Lipinski definition) is 2. The van der Waals surface area contributed by atoms with Gasteiger partial charge in [0.15, 0.2) is 0 Å². The predicted molar refractivity (Wildman–Crippen MR) is 66.8 cm³/mol. The standard InChI is InChI=1S/C13H22N2/c1-5-10-7-11(13(3,4)6-2)9-15-12(14)8-10/h8-9H,5-7H2,1-4H3,(H2,14,15). The van der Waals surface area contributed by atoms with Gasteiger partial charge in [0, 0.05) is 6.20 Å². The van der Waals surface area contributed by atoms with Gasteiger partial charge in [-0.2, -0.15) is 0 Å². The van der Waals surface area contributed by atoms with Gasteiger partial charge in [0.05, 0.1) is 0 Å². The summed E-state index contributed by atoms with van der Waals surface area (Å²) >= 11 is 0. The maximum atomic E-state index is 5.78. The zero-order chi connectivity index (χ0) is 11.5. The highest BCUT2D eigenvalue weighted by Crippen LogP contribution is 2.35. The fourth-order valence-electron chi connectivity index (χ4n) is 1.61. The van der Waals surface area contributed by atoms with Crippen molar-refractivity contribution in [3.05, 3.63) is 23.4 Å². The number of aliphatic imine (C=N–C) groups is 1. The third-order valence-electron chi connectivity index (χ3n) is 3.35.